The van der Waals surface area contributed by atoms with Crippen LogP contribution in [0.1, 0.15) is 49.8 Å². The molecule has 2 aromatic rings. The number of rotatable bonds is 4. The number of halogens is 1. The predicted octanol–water partition coefficient (Wildman–Crippen LogP) is 3.28. The number of nitriles is 1. The Morgan fingerprint density at radius 1 is 1.15 bits per heavy atom. The quantitative estimate of drug-likeness (QED) is 0.668. The van der Waals surface area contributed by atoms with Gasteiger partial charge in [0.15, 0.2) is 0 Å². The molecule has 172 valence electrons. The van der Waals surface area contributed by atoms with Gasteiger partial charge in [-0.15, -0.1) is 0 Å². The summed E-state index contributed by atoms with van der Waals surface area (Å²) in [6.45, 7) is 9.50. The van der Waals surface area contributed by atoms with Crippen molar-refractivity contribution in [2.45, 2.75) is 39.0 Å². The van der Waals surface area contributed by atoms with Crippen molar-refractivity contribution in [1.29, 1.82) is 5.26 Å². The monoisotopic (exact) mass is 449 g/mol. The van der Waals surface area contributed by atoms with Gasteiger partial charge in [-0.05, 0) is 54.7 Å². The van der Waals surface area contributed by atoms with Gasteiger partial charge in [-0.3, -0.25) is 4.90 Å². The minimum atomic E-state index is -0.473. The van der Waals surface area contributed by atoms with Crippen molar-refractivity contribution in [3.63, 3.8) is 0 Å². The second-order valence-electron chi connectivity index (χ2n) is 9.22. The van der Waals surface area contributed by atoms with Crippen LogP contribution in [-0.2, 0) is 22.5 Å². The molecule has 0 aliphatic carbocycles. The zero-order valence-corrected chi connectivity index (χ0v) is 19.1. The molecule has 0 saturated carbocycles. The van der Waals surface area contributed by atoms with Crippen molar-refractivity contribution in [2.24, 2.45) is 0 Å². The third-order valence-corrected chi connectivity index (χ3v) is 7.47. The molecule has 0 unspecified atom stereocenters. The molecular formula is C26H28FN3O3. The highest BCUT2D eigenvalue weighted by molar-refractivity contribution is 5.93. The van der Waals surface area contributed by atoms with Crippen molar-refractivity contribution >= 4 is 5.97 Å². The number of piperazine rings is 1. The standard InChI is InChI=1S/C26H28FN3O3/c1-16-18(3-4-21-23(16)15-33-26(21)31)7-8-29-9-10-30-13-25(32-14-19(30)12-29)20-5-6-24(27)22(11-28)17(20)2/h3-6,19,25H,7-10,12-15H2,1-2H3/t19-,25-/m0/s1. The fourth-order valence-corrected chi connectivity index (χ4v) is 5.37. The number of hydrogen-bond acceptors (Lipinski definition) is 6. The first-order valence-corrected chi connectivity index (χ1v) is 11.5. The van der Waals surface area contributed by atoms with Crippen LogP contribution >= 0.6 is 0 Å². The highest BCUT2D eigenvalue weighted by Gasteiger charge is 2.35. The summed E-state index contributed by atoms with van der Waals surface area (Å²) in [7, 11) is 0. The number of morpholine rings is 1. The number of carbonyl (C=O) groups is 1. The number of nitrogens with zero attached hydrogens (tertiary/aromatic N) is 3. The molecule has 2 saturated heterocycles. The van der Waals surface area contributed by atoms with Crippen LogP contribution in [0.25, 0.3) is 0 Å². The van der Waals surface area contributed by atoms with Gasteiger partial charge in [0.2, 0.25) is 0 Å². The van der Waals surface area contributed by atoms with E-state index >= 15 is 0 Å². The van der Waals surface area contributed by atoms with E-state index in [9.17, 15) is 14.4 Å². The Hall–Kier alpha value is -2.79. The predicted molar refractivity (Wildman–Crippen MR) is 120 cm³/mol. The molecule has 3 aliphatic heterocycles. The summed E-state index contributed by atoms with van der Waals surface area (Å²) in [5, 5.41) is 9.28. The lowest BCUT2D eigenvalue weighted by atomic mass is 9.95. The number of fused-ring (bicyclic) bond motifs is 2. The van der Waals surface area contributed by atoms with Crippen LogP contribution in [0.3, 0.4) is 0 Å². The first kappa shape index (κ1) is 22.0. The lowest BCUT2D eigenvalue weighted by Crippen LogP contribution is -2.58. The highest BCUT2D eigenvalue weighted by atomic mass is 19.1. The molecule has 2 fully saturated rings. The molecule has 7 heteroatoms. The summed E-state index contributed by atoms with van der Waals surface area (Å²) >= 11 is 0. The van der Waals surface area contributed by atoms with E-state index in [0.717, 1.165) is 50.3 Å². The Kier molecular flexibility index (Phi) is 5.92. The molecule has 3 aliphatic rings. The lowest BCUT2D eigenvalue weighted by molar-refractivity contribution is -0.0903. The second kappa shape index (κ2) is 8.86. The number of ether oxygens (including phenoxy) is 2. The maximum Gasteiger partial charge on any atom is 0.338 e. The third kappa shape index (κ3) is 4.04. The lowest BCUT2D eigenvalue weighted by Gasteiger charge is -2.46. The van der Waals surface area contributed by atoms with Crippen molar-refractivity contribution in [3.8, 4) is 6.07 Å². The van der Waals surface area contributed by atoms with Crippen LogP contribution in [0, 0.1) is 31.0 Å². The van der Waals surface area contributed by atoms with Gasteiger partial charge in [0.25, 0.3) is 0 Å². The molecule has 6 nitrogen and oxygen atoms in total. The van der Waals surface area contributed by atoms with E-state index in [-0.39, 0.29) is 17.6 Å². The number of esters is 1. The molecule has 33 heavy (non-hydrogen) atoms. The molecule has 5 rings (SSSR count). The zero-order valence-electron chi connectivity index (χ0n) is 19.1. The molecule has 2 aromatic carbocycles. The van der Waals surface area contributed by atoms with Crippen molar-refractivity contribution in [3.05, 3.63) is 69.0 Å². The van der Waals surface area contributed by atoms with Crippen LogP contribution < -0.4 is 0 Å². The van der Waals surface area contributed by atoms with Gasteiger partial charge >= 0.3 is 5.97 Å². The molecule has 3 heterocycles. The van der Waals surface area contributed by atoms with Gasteiger partial charge in [0.1, 0.15) is 18.5 Å². The largest absolute Gasteiger partial charge is 0.457 e. The number of benzene rings is 2. The third-order valence-electron chi connectivity index (χ3n) is 7.47. The molecule has 0 amide bonds. The van der Waals surface area contributed by atoms with E-state index in [1.54, 1.807) is 13.0 Å². The number of cyclic esters (lactones) is 1. The summed E-state index contributed by atoms with van der Waals surface area (Å²) in [6, 6.07) is 9.40. The Morgan fingerprint density at radius 3 is 2.82 bits per heavy atom. The number of carbonyl (C=O) groups excluding carboxylic acids is 1. The number of hydrogen-bond donors (Lipinski definition) is 0. The maximum atomic E-state index is 13.9. The van der Waals surface area contributed by atoms with Gasteiger partial charge in [-0.1, -0.05) is 12.1 Å². The van der Waals surface area contributed by atoms with Crippen molar-refractivity contribution in [2.75, 3.05) is 39.3 Å². The molecule has 2 atom stereocenters. The van der Waals surface area contributed by atoms with Gasteiger partial charge in [-0.25, -0.2) is 9.18 Å². The molecule has 0 N–H and O–H groups in total. The second-order valence-corrected chi connectivity index (χ2v) is 9.22. The topological polar surface area (TPSA) is 65.8 Å². The van der Waals surface area contributed by atoms with E-state index in [0.29, 0.717) is 30.4 Å². The van der Waals surface area contributed by atoms with Crippen LogP contribution in [0.2, 0.25) is 0 Å². The summed E-state index contributed by atoms with van der Waals surface area (Å²) in [4.78, 5) is 16.7. The molecule has 0 radical (unpaired) electrons. The van der Waals surface area contributed by atoms with E-state index < -0.39 is 5.82 Å². The van der Waals surface area contributed by atoms with Gasteiger partial charge in [0, 0.05) is 44.3 Å². The average Bonchev–Trinajstić information content (AvgIpc) is 3.20. The van der Waals surface area contributed by atoms with Crippen LogP contribution in [0.15, 0.2) is 24.3 Å². The zero-order chi connectivity index (χ0) is 23.1. The Bertz CT molecular complexity index is 1140. The molecular weight excluding hydrogens is 421 g/mol. The van der Waals surface area contributed by atoms with Crippen LogP contribution in [0.4, 0.5) is 4.39 Å². The van der Waals surface area contributed by atoms with E-state index in [1.165, 1.54) is 17.2 Å². The fraction of sp³-hybridized carbons (Fsp3) is 0.462. The molecule has 0 spiro atoms. The Labute approximate surface area is 193 Å². The average molecular weight is 450 g/mol. The van der Waals surface area contributed by atoms with E-state index in [4.69, 9.17) is 9.47 Å². The van der Waals surface area contributed by atoms with Crippen molar-refractivity contribution in [1.82, 2.24) is 9.80 Å². The van der Waals surface area contributed by atoms with E-state index in [2.05, 4.69) is 22.8 Å². The van der Waals surface area contributed by atoms with Gasteiger partial charge in [0.05, 0.1) is 23.8 Å². The maximum absolute atomic E-state index is 13.9. The molecule has 0 bridgehead atoms. The van der Waals surface area contributed by atoms with Crippen LogP contribution in [-0.4, -0.2) is 61.1 Å². The normalized spacial score (nSPS) is 23.0. The Balaban J connectivity index is 1.20. The Morgan fingerprint density at radius 2 is 2.00 bits per heavy atom. The summed E-state index contributed by atoms with van der Waals surface area (Å²) in [5.41, 5.74) is 5.88. The SMILES string of the molecule is Cc1c([C@@H]2CN3CCN(CCc4ccc5c(c4C)COC5=O)C[C@H]3CO2)ccc(F)c1C#N. The minimum absolute atomic E-state index is 0.112. The summed E-state index contributed by atoms with van der Waals surface area (Å²) in [6.07, 6.45) is 0.800. The highest BCUT2D eigenvalue weighted by Crippen LogP contribution is 2.31. The summed E-state index contributed by atoms with van der Waals surface area (Å²) in [5.74, 6) is -0.690. The smallest absolute Gasteiger partial charge is 0.338 e. The minimum Gasteiger partial charge on any atom is -0.457 e. The molecule has 0 aromatic heterocycles. The van der Waals surface area contributed by atoms with Gasteiger partial charge in [-0.2, -0.15) is 5.26 Å². The fourth-order valence-electron chi connectivity index (χ4n) is 5.37. The van der Waals surface area contributed by atoms with Gasteiger partial charge < -0.3 is 14.4 Å². The van der Waals surface area contributed by atoms with Crippen LogP contribution in [0.5, 0.6) is 0 Å². The summed E-state index contributed by atoms with van der Waals surface area (Å²) < 4.78 is 25.3. The first-order valence-electron chi connectivity index (χ1n) is 11.5. The van der Waals surface area contributed by atoms with E-state index in [1.807, 2.05) is 12.1 Å². The van der Waals surface area contributed by atoms with Crippen molar-refractivity contribution < 1.29 is 18.7 Å². The first-order chi connectivity index (χ1) is 16.0.